The molecule has 1 N–H and O–H groups in total. The summed E-state index contributed by atoms with van der Waals surface area (Å²) in [6, 6.07) is 10.8. The number of hydrogen-bond acceptors (Lipinski definition) is 2. The first kappa shape index (κ1) is 11.7. The topological polar surface area (TPSA) is 24.9 Å². The number of pyridine rings is 1. The van der Waals surface area contributed by atoms with Crippen LogP contribution in [0.3, 0.4) is 0 Å². The second-order valence-corrected chi connectivity index (χ2v) is 5.30. The van der Waals surface area contributed by atoms with E-state index in [0.717, 1.165) is 11.4 Å². The third kappa shape index (κ3) is 2.70. The zero-order valence-corrected chi connectivity index (χ0v) is 10.7. The van der Waals surface area contributed by atoms with Crippen LogP contribution in [-0.2, 0) is 6.42 Å². The highest BCUT2D eigenvalue weighted by Gasteiger charge is 2.12. The van der Waals surface area contributed by atoms with E-state index in [1.807, 2.05) is 12.3 Å². The lowest BCUT2D eigenvalue weighted by molar-refractivity contribution is 0.477. The van der Waals surface area contributed by atoms with Crippen molar-refractivity contribution in [3.63, 3.8) is 0 Å². The summed E-state index contributed by atoms with van der Waals surface area (Å²) < 4.78 is 0. The van der Waals surface area contributed by atoms with Crippen LogP contribution < -0.4 is 5.32 Å². The maximum Gasteiger partial charge on any atom is 0.0702 e. The molecule has 0 aliphatic carbocycles. The highest BCUT2D eigenvalue weighted by Crippen LogP contribution is 2.20. The quantitative estimate of drug-likeness (QED) is 0.872. The van der Waals surface area contributed by atoms with E-state index in [2.05, 4.69) is 34.6 Å². The van der Waals surface area contributed by atoms with Gasteiger partial charge in [-0.2, -0.15) is 0 Å². The molecule has 0 bridgehead atoms. The molecule has 1 fully saturated rings. The first-order valence-electron chi connectivity index (χ1n) is 6.96. The smallest absolute Gasteiger partial charge is 0.0702 e. The molecule has 1 aliphatic rings. The van der Waals surface area contributed by atoms with Crippen LogP contribution in [0, 0.1) is 5.92 Å². The van der Waals surface area contributed by atoms with Gasteiger partial charge >= 0.3 is 0 Å². The van der Waals surface area contributed by atoms with Crippen molar-refractivity contribution in [1.82, 2.24) is 10.3 Å². The van der Waals surface area contributed by atoms with E-state index in [9.17, 15) is 0 Å². The Morgan fingerprint density at radius 2 is 2.22 bits per heavy atom. The molecule has 2 aromatic rings. The molecule has 2 heterocycles. The van der Waals surface area contributed by atoms with Gasteiger partial charge in [0, 0.05) is 11.6 Å². The number of hydrogen-bond donors (Lipinski definition) is 1. The average Bonchev–Trinajstić information content (AvgIpc) is 2.67. The fraction of sp³-hybridized carbons (Fsp3) is 0.438. The molecule has 0 saturated carbocycles. The Kier molecular flexibility index (Phi) is 3.56. The minimum Gasteiger partial charge on any atom is -0.316 e. The summed E-state index contributed by atoms with van der Waals surface area (Å²) in [6.07, 6.45) is 7.11. The van der Waals surface area contributed by atoms with Gasteiger partial charge in [0.15, 0.2) is 0 Å². The maximum atomic E-state index is 4.37. The van der Waals surface area contributed by atoms with Crippen LogP contribution in [0.15, 0.2) is 36.5 Å². The fourth-order valence-electron chi connectivity index (χ4n) is 2.85. The molecule has 2 nitrogen and oxygen atoms in total. The summed E-state index contributed by atoms with van der Waals surface area (Å²) in [7, 11) is 0. The maximum absolute atomic E-state index is 4.37. The minimum atomic E-state index is 0.793. The van der Waals surface area contributed by atoms with E-state index in [4.69, 9.17) is 0 Å². The Balaban J connectivity index is 1.77. The second kappa shape index (κ2) is 5.49. The van der Waals surface area contributed by atoms with E-state index in [1.54, 1.807) is 0 Å². The van der Waals surface area contributed by atoms with Gasteiger partial charge in [0.25, 0.3) is 0 Å². The molecular formula is C16H20N2. The van der Waals surface area contributed by atoms with Crippen molar-refractivity contribution in [2.24, 2.45) is 5.92 Å². The van der Waals surface area contributed by atoms with Gasteiger partial charge in [-0.15, -0.1) is 0 Å². The Bertz CT molecular complexity index is 513. The molecule has 1 aromatic carbocycles. The minimum absolute atomic E-state index is 0.793. The number of nitrogens with one attached hydrogen (secondary N) is 1. The van der Waals surface area contributed by atoms with Crippen LogP contribution in [0.2, 0.25) is 0 Å². The molecule has 94 valence electrons. The molecule has 1 saturated heterocycles. The van der Waals surface area contributed by atoms with E-state index in [-0.39, 0.29) is 0 Å². The summed E-state index contributed by atoms with van der Waals surface area (Å²) in [5, 5.41) is 4.80. The van der Waals surface area contributed by atoms with Crippen LogP contribution in [0.25, 0.3) is 10.9 Å². The predicted molar refractivity (Wildman–Crippen MR) is 75.7 cm³/mol. The van der Waals surface area contributed by atoms with Crippen molar-refractivity contribution >= 4 is 10.9 Å². The number of aromatic nitrogens is 1. The number of rotatable bonds is 2. The Morgan fingerprint density at radius 3 is 3.22 bits per heavy atom. The predicted octanol–water partition coefficient (Wildman–Crippen LogP) is 3.17. The Morgan fingerprint density at radius 1 is 1.22 bits per heavy atom. The van der Waals surface area contributed by atoms with E-state index in [0.29, 0.717) is 0 Å². The molecule has 1 unspecified atom stereocenters. The molecule has 0 radical (unpaired) electrons. The monoisotopic (exact) mass is 240 g/mol. The normalized spacial score (nSPS) is 20.8. The zero-order chi connectivity index (χ0) is 12.2. The van der Waals surface area contributed by atoms with Crippen molar-refractivity contribution in [3.05, 3.63) is 42.1 Å². The third-order valence-electron chi connectivity index (χ3n) is 3.84. The fourth-order valence-corrected chi connectivity index (χ4v) is 2.85. The first-order valence-corrected chi connectivity index (χ1v) is 6.96. The molecule has 0 spiro atoms. The number of nitrogens with zero attached hydrogens (tertiary/aromatic N) is 1. The van der Waals surface area contributed by atoms with Crippen LogP contribution in [0.4, 0.5) is 0 Å². The molecule has 1 aliphatic heterocycles. The lowest BCUT2D eigenvalue weighted by Gasteiger charge is -2.14. The molecule has 1 aromatic heterocycles. The Hall–Kier alpha value is -1.41. The van der Waals surface area contributed by atoms with Gasteiger partial charge in [0.05, 0.1) is 5.52 Å². The molecule has 1 atom stereocenters. The van der Waals surface area contributed by atoms with Gasteiger partial charge in [-0.1, -0.05) is 18.6 Å². The van der Waals surface area contributed by atoms with Crippen LogP contribution >= 0.6 is 0 Å². The van der Waals surface area contributed by atoms with E-state index < -0.39 is 0 Å². The van der Waals surface area contributed by atoms with Crippen molar-refractivity contribution in [2.75, 3.05) is 13.1 Å². The summed E-state index contributed by atoms with van der Waals surface area (Å²) in [6.45, 7) is 2.36. The standard InChI is InChI=1S/C16H20N2/c1-2-8-17-12-14(4-1)10-13-6-7-16-15(11-13)5-3-9-18-16/h3,5-7,9,11,14,17H,1-2,4,8,10,12H2. The summed E-state index contributed by atoms with van der Waals surface area (Å²) in [5.41, 5.74) is 2.55. The average molecular weight is 240 g/mol. The third-order valence-corrected chi connectivity index (χ3v) is 3.84. The number of benzene rings is 1. The molecule has 3 rings (SSSR count). The van der Waals surface area contributed by atoms with Crippen molar-refractivity contribution < 1.29 is 0 Å². The number of fused-ring (bicyclic) bond motifs is 1. The van der Waals surface area contributed by atoms with Crippen LogP contribution in [0.1, 0.15) is 24.8 Å². The van der Waals surface area contributed by atoms with E-state index >= 15 is 0 Å². The second-order valence-electron chi connectivity index (χ2n) is 5.30. The van der Waals surface area contributed by atoms with Crippen molar-refractivity contribution in [3.8, 4) is 0 Å². The molecule has 2 heteroatoms. The molecule has 18 heavy (non-hydrogen) atoms. The lowest BCUT2D eigenvalue weighted by atomic mass is 9.94. The van der Waals surface area contributed by atoms with Crippen molar-refractivity contribution in [2.45, 2.75) is 25.7 Å². The van der Waals surface area contributed by atoms with Gasteiger partial charge in [0.1, 0.15) is 0 Å². The van der Waals surface area contributed by atoms with Gasteiger partial charge in [0.2, 0.25) is 0 Å². The van der Waals surface area contributed by atoms with E-state index in [1.165, 1.54) is 49.7 Å². The summed E-state index contributed by atoms with van der Waals surface area (Å²) in [5.74, 6) is 0.793. The van der Waals surface area contributed by atoms with Gasteiger partial charge in [-0.3, -0.25) is 4.98 Å². The molecular weight excluding hydrogens is 220 g/mol. The van der Waals surface area contributed by atoms with Gasteiger partial charge in [-0.05, 0) is 62.0 Å². The molecule has 0 amide bonds. The largest absolute Gasteiger partial charge is 0.316 e. The van der Waals surface area contributed by atoms with Crippen LogP contribution in [-0.4, -0.2) is 18.1 Å². The summed E-state index contributed by atoms with van der Waals surface area (Å²) in [4.78, 5) is 4.37. The van der Waals surface area contributed by atoms with Crippen LogP contribution in [0.5, 0.6) is 0 Å². The Labute approximate surface area is 108 Å². The van der Waals surface area contributed by atoms with Crippen molar-refractivity contribution in [1.29, 1.82) is 0 Å². The highest BCUT2D eigenvalue weighted by molar-refractivity contribution is 5.78. The summed E-state index contributed by atoms with van der Waals surface area (Å²) >= 11 is 0. The lowest BCUT2D eigenvalue weighted by Crippen LogP contribution is -2.21. The SMILES string of the molecule is c1cnc2ccc(CC3CCCCNC3)cc2c1. The van der Waals surface area contributed by atoms with Gasteiger partial charge < -0.3 is 5.32 Å². The van der Waals surface area contributed by atoms with Gasteiger partial charge in [-0.25, -0.2) is 0 Å². The zero-order valence-electron chi connectivity index (χ0n) is 10.7. The highest BCUT2D eigenvalue weighted by atomic mass is 14.9. The first-order chi connectivity index (χ1) is 8.92.